The second-order valence-corrected chi connectivity index (χ2v) is 9.89. The third-order valence-electron chi connectivity index (χ3n) is 5.63. The maximum Gasteiger partial charge on any atom is 0.202 e. The summed E-state index contributed by atoms with van der Waals surface area (Å²) < 4.78 is 1.13. The molecule has 5 nitrogen and oxygen atoms in total. The molecule has 2 N–H and O–H groups in total. The van der Waals surface area contributed by atoms with Crippen LogP contribution in [0.15, 0.2) is 64.8 Å². The minimum absolute atomic E-state index is 0.0704. The lowest BCUT2D eigenvalue weighted by Crippen LogP contribution is -2.41. The highest BCUT2D eigenvalue weighted by Crippen LogP contribution is 2.43. The molecule has 5 rings (SSSR count). The van der Waals surface area contributed by atoms with Crippen LogP contribution < -0.4 is 10.6 Å². The summed E-state index contributed by atoms with van der Waals surface area (Å²) in [6.07, 6.45) is 1.36. The number of guanidine groups is 1. The molecule has 0 fully saturated rings. The van der Waals surface area contributed by atoms with Crippen molar-refractivity contribution in [3.63, 3.8) is 0 Å². The first kappa shape index (κ1) is 19.0. The van der Waals surface area contributed by atoms with Gasteiger partial charge in [0.2, 0.25) is 5.96 Å². The van der Waals surface area contributed by atoms with Crippen molar-refractivity contribution in [3.8, 4) is 0 Å². The average molecular weight is 417 g/mol. The monoisotopic (exact) mass is 416 g/mol. The standard InChI is InChI=1S/C24H24N4OS/c1-14-8-10-15(11-9-14)21-20-17(12-24(2,3)13-18(20)29)25-22(27-21)28-23-26-16-6-4-5-7-19(16)30-23/h4-11,21H,12-13H2,1-3H3,(H2,25,26,27,28). The molecule has 1 atom stereocenters. The molecule has 1 aromatic heterocycles. The summed E-state index contributed by atoms with van der Waals surface area (Å²) in [5.74, 6) is 0.825. The lowest BCUT2D eigenvalue weighted by molar-refractivity contribution is -0.118. The number of aromatic nitrogens is 1. The average Bonchev–Trinajstić information content (AvgIpc) is 3.09. The predicted octanol–water partition coefficient (Wildman–Crippen LogP) is 5.36. The summed E-state index contributed by atoms with van der Waals surface area (Å²) >= 11 is 1.59. The number of aryl methyl sites for hydroxylation is 1. The molecule has 0 saturated carbocycles. The highest BCUT2D eigenvalue weighted by Gasteiger charge is 2.39. The van der Waals surface area contributed by atoms with Crippen molar-refractivity contribution >= 4 is 38.4 Å². The van der Waals surface area contributed by atoms with Crippen molar-refractivity contribution in [3.05, 3.63) is 70.9 Å². The van der Waals surface area contributed by atoms with Crippen molar-refractivity contribution in [2.75, 3.05) is 5.32 Å². The van der Waals surface area contributed by atoms with Gasteiger partial charge in [-0.25, -0.2) is 9.98 Å². The Kier molecular flexibility index (Phi) is 4.47. The van der Waals surface area contributed by atoms with Crippen molar-refractivity contribution < 1.29 is 4.79 Å². The van der Waals surface area contributed by atoms with Crippen LogP contribution in [-0.4, -0.2) is 16.7 Å². The van der Waals surface area contributed by atoms with Crippen LogP contribution in [0.2, 0.25) is 0 Å². The molecule has 0 saturated heterocycles. The zero-order valence-electron chi connectivity index (χ0n) is 17.3. The van der Waals surface area contributed by atoms with Gasteiger partial charge in [0.05, 0.1) is 10.2 Å². The summed E-state index contributed by atoms with van der Waals surface area (Å²) in [6, 6.07) is 16.1. The number of carbonyl (C=O) groups is 1. The lowest BCUT2D eigenvalue weighted by Gasteiger charge is -2.37. The van der Waals surface area contributed by atoms with Gasteiger partial charge in [-0.3, -0.25) is 4.79 Å². The third kappa shape index (κ3) is 3.52. The highest BCUT2D eigenvalue weighted by atomic mass is 32.1. The zero-order chi connectivity index (χ0) is 20.9. The normalized spacial score (nSPS) is 20.6. The Labute approximate surface area is 179 Å². The van der Waals surface area contributed by atoms with Crippen LogP contribution in [0.3, 0.4) is 0 Å². The third-order valence-corrected chi connectivity index (χ3v) is 6.59. The smallest absolute Gasteiger partial charge is 0.202 e. The molecule has 0 radical (unpaired) electrons. The SMILES string of the molecule is Cc1ccc(C2N=C(Nc3nc4ccccc4s3)NC3=C2C(=O)CC(C)(C)C3)cc1. The Bertz CT molecular complexity index is 1170. The Morgan fingerprint density at radius 1 is 1.10 bits per heavy atom. The first-order chi connectivity index (χ1) is 14.4. The van der Waals surface area contributed by atoms with Gasteiger partial charge < -0.3 is 10.6 Å². The molecule has 1 unspecified atom stereocenters. The lowest BCUT2D eigenvalue weighted by atomic mass is 9.73. The van der Waals surface area contributed by atoms with Crippen LogP contribution in [0.1, 0.15) is 43.9 Å². The van der Waals surface area contributed by atoms with E-state index in [0.29, 0.717) is 12.4 Å². The number of nitrogens with zero attached hydrogens (tertiary/aromatic N) is 2. The fourth-order valence-corrected chi connectivity index (χ4v) is 5.08. The Balaban J connectivity index is 1.54. The number of thiazole rings is 1. The first-order valence-corrected chi connectivity index (χ1v) is 11.0. The first-order valence-electron chi connectivity index (χ1n) is 10.2. The van der Waals surface area contributed by atoms with Crippen LogP contribution in [0.5, 0.6) is 0 Å². The van der Waals surface area contributed by atoms with Crippen LogP contribution in [0, 0.1) is 12.3 Å². The second-order valence-electron chi connectivity index (χ2n) is 8.86. The van der Waals surface area contributed by atoms with Crippen molar-refractivity contribution in [2.45, 2.75) is 39.7 Å². The topological polar surface area (TPSA) is 66.4 Å². The molecular weight excluding hydrogens is 392 g/mol. The summed E-state index contributed by atoms with van der Waals surface area (Å²) in [7, 11) is 0. The number of fused-ring (bicyclic) bond motifs is 1. The van der Waals surface area contributed by atoms with E-state index in [-0.39, 0.29) is 17.2 Å². The van der Waals surface area contributed by atoms with E-state index in [2.05, 4.69) is 66.7 Å². The highest BCUT2D eigenvalue weighted by molar-refractivity contribution is 7.22. The van der Waals surface area contributed by atoms with Crippen molar-refractivity contribution in [2.24, 2.45) is 10.4 Å². The van der Waals surface area contributed by atoms with Crippen LogP contribution in [0.4, 0.5) is 5.13 Å². The molecule has 0 amide bonds. The number of aliphatic imine (C=N–C) groups is 1. The number of benzene rings is 2. The van der Waals surface area contributed by atoms with E-state index >= 15 is 0 Å². The van der Waals surface area contributed by atoms with Crippen LogP contribution >= 0.6 is 11.3 Å². The van der Waals surface area contributed by atoms with E-state index in [1.54, 1.807) is 11.3 Å². The fourth-order valence-electron chi connectivity index (χ4n) is 4.21. The van der Waals surface area contributed by atoms with Gasteiger partial charge in [-0.05, 0) is 36.5 Å². The number of anilines is 1. The number of Topliss-reactive ketones (excluding diaryl/α,β-unsaturated/α-hetero) is 1. The zero-order valence-corrected chi connectivity index (χ0v) is 18.1. The Hall–Kier alpha value is -2.99. The van der Waals surface area contributed by atoms with Gasteiger partial charge in [-0.2, -0.15) is 0 Å². The molecule has 3 aromatic rings. The fraction of sp³-hybridized carbons (Fsp3) is 0.292. The molecule has 1 aliphatic heterocycles. The van der Waals surface area contributed by atoms with E-state index < -0.39 is 0 Å². The summed E-state index contributed by atoms with van der Waals surface area (Å²) in [5.41, 5.74) is 4.89. The van der Waals surface area contributed by atoms with E-state index in [4.69, 9.17) is 4.99 Å². The number of nitrogens with one attached hydrogen (secondary N) is 2. The molecule has 1 aliphatic carbocycles. The molecule has 30 heavy (non-hydrogen) atoms. The number of allylic oxidation sites excluding steroid dienone is 1. The molecule has 2 heterocycles. The molecule has 6 heteroatoms. The Morgan fingerprint density at radius 2 is 1.87 bits per heavy atom. The molecule has 0 spiro atoms. The predicted molar refractivity (Wildman–Crippen MR) is 123 cm³/mol. The van der Waals surface area contributed by atoms with Gasteiger partial charge in [0.15, 0.2) is 10.9 Å². The summed E-state index contributed by atoms with van der Waals surface area (Å²) in [6.45, 7) is 6.35. The largest absolute Gasteiger partial charge is 0.329 e. The van der Waals surface area contributed by atoms with Crippen molar-refractivity contribution in [1.82, 2.24) is 10.3 Å². The molecule has 2 aromatic carbocycles. The van der Waals surface area contributed by atoms with Crippen molar-refractivity contribution in [1.29, 1.82) is 0 Å². The number of hydrogen-bond donors (Lipinski definition) is 2. The maximum absolute atomic E-state index is 13.1. The number of hydrogen-bond acceptors (Lipinski definition) is 6. The summed E-state index contributed by atoms with van der Waals surface area (Å²) in [5, 5.41) is 7.55. The van der Waals surface area contributed by atoms with E-state index in [1.807, 2.05) is 18.2 Å². The minimum atomic E-state index is -0.303. The number of carbonyl (C=O) groups excluding carboxylic acids is 1. The van der Waals surface area contributed by atoms with Gasteiger partial charge in [0, 0.05) is 17.7 Å². The number of para-hydroxylation sites is 1. The number of rotatable bonds is 2. The molecule has 2 aliphatic rings. The van der Waals surface area contributed by atoms with Gasteiger partial charge in [0.1, 0.15) is 6.04 Å². The second kappa shape index (κ2) is 7.06. The van der Waals surface area contributed by atoms with Crippen LogP contribution in [-0.2, 0) is 4.79 Å². The minimum Gasteiger partial charge on any atom is -0.329 e. The molecule has 152 valence electrons. The number of ketones is 1. The maximum atomic E-state index is 13.1. The van der Waals surface area contributed by atoms with Crippen LogP contribution in [0.25, 0.3) is 10.2 Å². The molecule has 0 bridgehead atoms. The quantitative estimate of drug-likeness (QED) is 0.590. The van der Waals surface area contributed by atoms with E-state index in [1.165, 1.54) is 5.56 Å². The van der Waals surface area contributed by atoms with Gasteiger partial charge in [-0.1, -0.05) is 67.1 Å². The summed E-state index contributed by atoms with van der Waals surface area (Å²) in [4.78, 5) is 22.7. The Morgan fingerprint density at radius 3 is 2.63 bits per heavy atom. The van der Waals surface area contributed by atoms with Gasteiger partial charge in [-0.15, -0.1) is 0 Å². The molecular formula is C24H24N4OS. The van der Waals surface area contributed by atoms with Gasteiger partial charge >= 0.3 is 0 Å². The van der Waals surface area contributed by atoms with E-state index in [9.17, 15) is 4.79 Å². The van der Waals surface area contributed by atoms with Gasteiger partial charge in [0.25, 0.3) is 0 Å². The van der Waals surface area contributed by atoms with E-state index in [0.717, 1.165) is 38.6 Å².